The molecule has 0 radical (unpaired) electrons. The van der Waals surface area contributed by atoms with Crippen LogP contribution in [0.2, 0.25) is 0 Å². The van der Waals surface area contributed by atoms with Crippen LogP contribution in [0.1, 0.15) is 30.1 Å². The number of nitrogens with one attached hydrogen (secondary N) is 2. The third-order valence-electron chi connectivity index (χ3n) is 3.76. The van der Waals surface area contributed by atoms with Gasteiger partial charge in [-0.05, 0) is 31.8 Å². The van der Waals surface area contributed by atoms with Crippen LogP contribution in [0, 0.1) is 5.92 Å². The minimum absolute atomic E-state index is 0.0540. The summed E-state index contributed by atoms with van der Waals surface area (Å²) >= 11 is 0. The molecule has 0 bridgehead atoms. The molecular formula is C13H18N2O2. The van der Waals surface area contributed by atoms with Gasteiger partial charge in [0.05, 0.1) is 12.3 Å². The zero-order chi connectivity index (χ0) is 11.7. The maximum Gasteiger partial charge on any atom is 0.115 e. The number of para-hydroxylation sites is 1. The number of hydrogen-bond donors (Lipinski definition) is 3. The van der Waals surface area contributed by atoms with E-state index in [0.717, 1.165) is 37.2 Å². The standard InChI is InChI=1S/C13H18N2O2/c16-8-10-2-1-3-11-12(10)15-17-13(11)9-4-6-14-7-5-9/h1-3,9,13-16H,4-8H2. The molecule has 4 nitrogen and oxygen atoms in total. The van der Waals surface area contributed by atoms with Gasteiger partial charge in [0.2, 0.25) is 0 Å². The smallest absolute Gasteiger partial charge is 0.115 e. The number of aliphatic hydroxyl groups is 1. The van der Waals surface area contributed by atoms with Crippen molar-refractivity contribution in [3.8, 4) is 0 Å². The Morgan fingerprint density at radius 2 is 2.12 bits per heavy atom. The number of piperidine rings is 1. The molecule has 1 aromatic carbocycles. The molecule has 2 aliphatic heterocycles. The van der Waals surface area contributed by atoms with Crippen LogP contribution in [0.3, 0.4) is 0 Å². The van der Waals surface area contributed by atoms with Gasteiger partial charge < -0.3 is 10.4 Å². The molecule has 0 aromatic heterocycles. The van der Waals surface area contributed by atoms with Crippen LogP contribution in [0.4, 0.5) is 5.69 Å². The fourth-order valence-electron chi connectivity index (χ4n) is 2.80. The van der Waals surface area contributed by atoms with Gasteiger partial charge in [-0.1, -0.05) is 18.2 Å². The summed E-state index contributed by atoms with van der Waals surface area (Å²) in [5.41, 5.74) is 6.07. The Kier molecular flexibility index (Phi) is 3.01. The lowest BCUT2D eigenvalue weighted by Crippen LogP contribution is -2.31. The first-order valence-corrected chi connectivity index (χ1v) is 6.25. The molecule has 0 saturated carbocycles. The number of anilines is 1. The van der Waals surface area contributed by atoms with E-state index < -0.39 is 0 Å². The molecule has 1 fully saturated rings. The molecule has 4 heteroatoms. The zero-order valence-electron chi connectivity index (χ0n) is 9.78. The predicted molar refractivity (Wildman–Crippen MR) is 65.4 cm³/mol. The highest BCUT2D eigenvalue weighted by Gasteiger charge is 2.33. The van der Waals surface area contributed by atoms with E-state index in [4.69, 9.17) is 4.84 Å². The molecule has 0 aliphatic carbocycles. The molecule has 1 unspecified atom stereocenters. The summed E-state index contributed by atoms with van der Waals surface area (Å²) in [6, 6.07) is 6.02. The van der Waals surface area contributed by atoms with Crippen LogP contribution >= 0.6 is 0 Å². The second-order valence-electron chi connectivity index (χ2n) is 4.77. The molecule has 3 N–H and O–H groups in total. The Labute approximate surface area is 101 Å². The van der Waals surface area contributed by atoms with Crippen molar-refractivity contribution in [3.05, 3.63) is 29.3 Å². The summed E-state index contributed by atoms with van der Waals surface area (Å²) in [6.07, 6.45) is 2.43. The van der Waals surface area contributed by atoms with Crippen LogP contribution < -0.4 is 10.8 Å². The number of fused-ring (bicyclic) bond motifs is 1. The quantitative estimate of drug-likeness (QED) is 0.727. The van der Waals surface area contributed by atoms with Crippen LogP contribution in [-0.2, 0) is 11.4 Å². The Morgan fingerprint density at radius 1 is 1.29 bits per heavy atom. The minimum atomic E-state index is 0.0540. The van der Waals surface area contributed by atoms with E-state index in [2.05, 4.69) is 16.9 Å². The fraction of sp³-hybridized carbons (Fsp3) is 0.538. The molecule has 0 spiro atoms. The normalized spacial score (nSPS) is 24.4. The van der Waals surface area contributed by atoms with Gasteiger partial charge in [-0.2, -0.15) is 0 Å². The number of rotatable bonds is 2. The van der Waals surface area contributed by atoms with E-state index in [1.54, 1.807) is 0 Å². The summed E-state index contributed by atoms with van der Waals surface area (Å²) < 4.78 is 0. The van der Waals surface area contributed by atoms with Gasteiger partial charge >= 0.3 is 0 Å². The van der Waals surface area contributed by atoms with Crippen molar-refractivity contribution in [3.63, 3.8) is 0 Å². The van der Waals surface area contributed by atoms with Gasteiger partial charge in [0, 0.05) is 11.1 Å². The summed E-state index contributed by atoms with van der Waals surface area (Å²) in [5.74, 6) is 0.568. The maximum absolute atomic E-state index is 9.29. The summed E-state index contributed by atoms with van der Waals surface area (Å²) in [4.78, 5) is 5.72. The highest BCUT2D eigenvalue weighted by Crippen LogP contribution is 2.42. The molecule has 1 saturated heterocycles. The second kappa shape index (κ2) is 4.64. The van der Waals surface area contributed by atoms with Crippen molar-refractivity contribution in [1.29, 1.82) is 0 Å². The van der Waals surface area contributed by atoms with E-state index in [0.29, 0.717) is 5.92 Å². The van der Waals surface area contributed by atoms with Gasteiger partial charge in [0.15, 0.2) is 0 Å². The lowest BCUT2D eigenvalue weighted by molar-refractivity contribution is 0.0536. The average Bonchev–Trinajstić information content (AvgIpc) is 2.83. The monoisotopic (exact) mass is 234 g/mol. The molecule has 2 aliphatic rings. The zero-order valence-corrected chi connectivity index (χ0v) is 9.78. The van der Waals surface area contributed by atoms with Crippen molar-refractivity contribution in [2.45, 2.75) is 25.6 Å². The fourth-order valence-corrected chi connectivity index (χ4v) is 2.80. The molecule has 0 amide bonds. The van der Waals surface area contributed by atoms with E-state index in [1.807, 2.05) is 12.1 Å². The van der Waals surface area contributed by atoms with E-state index >= 15 is 0 Å². The summed E-state index contributed by atoms with van der Waals surface area (Å²) in [6.45, 7) is 2.19. The van der Waals surface area contributed by atoms with Gasteiger partial charge in [-0.3, -0.25) is 10.3 Å². The van der Waals surface area contributed by atoms with Crippen LogP contribution in [0.5, 0.6) is 0 Å². The largest absolute Gasteiger partial charge is 0.392 e. The van der Waals surface area contributed by atoms with Gasteiger partial charge in [0.1, 0.15) is 6.10 Å². The first kappa shape index (κ1) is 11.0. The Hall–Kier alpha value is -1.10. The van der Waals surface area contributed by atoms with Crippen LogP contribution in [0.25, 0.3) is 0 Å². The Morgan fingerprint density at radius 3 is 2.88 bits per heavy atom. The molecule has 1 atom stereocenters. The third-order valence-corrected chi connectivity index (χ3v) is 3.76. The molecule has 1 aromatic rings. The van der Waals surface area contributed by atoms with E-state index in [1.165, 1.54) is 5.56 Å². The first-order chi connectivity index (χ1) is 8.40. The summed E-state index contributed by atoms with van der Waals surface area (Å²) in [5, 5.41) is 12.7. The van der Waals surface area contributed by atoms with Crippen molar-refractivity contribution in [1.82, 2.24) is 5.32 Å². The summed E-state index contributed by atoms with van der Waals surface area (Å²) in [7, 11) is 0. The lowest BCUT2D eigenvalue weighted by Gasteiger charge is -2.26. The van der Waals surface area contributed by atoms with Crippen molar-refractivity contribution in [2.24, 2.45) is 5.92 Å². The second-order valence-corrected chi connectivity index (χ2v) is 4.77. The maximum atomic E-state index is 9.29. The highest BCUT2D eigenvalue weighted by atomic mass is 16.7. The van der Waals surface area contributed by atoms with Gasteiger partial charge in [-0.15, -0.1) is 0 Å². The van der Waals surface area contributed by atoms with Crippen LogP contribution in [-0.4, -0.2) is 18.2 Å². The molecule has 92 valence electrons. The predicted octanol–water partition coefficient (Wildman–Crippen LogP) is 1.58. The average molecular weight is 234 g/mol. The van der Waals surface area contributed by atoms with E-state index in [-0.39, 0.29) is 12.7 Å². The van der Waals surface area contributed by atoms with E-state index in [9.17, 15) is 5.11 Å². The SMILES string of the molecule is OCc1cccc2c1NOC2C1CCNCC1. The first-order valence-electron chi connectivity index (χ1n) is 6.25. The van der Waals surface area contributed by atoms with Gasteiger partial charge in [0.25, 0.3) is 0 Å². The van der Waals surface area contributed by atoms with Crippen molar-refractivity contribution >= 4 is 5.69 Å². The van der Waals surface area contributed by atoms with Crippen molar-refractivity contribution in [2.75, 3.05) is 18.6 Å². The van der Waals surface area contributed by atoms with Crippen molar-refractivity contribution < 1.29 is 9.94 Å². The molecular weight excluding hydrogens is 216 g/mol. The van der Waals surface area contributed by atoms with Gasteiger partial charge in [-0.25, -0.2) is 0 Å². The Bertz CT molecular complexity index is 402. The minimum Gasteiger partial charge on any atom is -0.392 e. The molecule has 3 rings (SSSR count). The Balaban J connectivity index is 1.87. The molecule has 2 heterocycles. The third kappa shape index (κ3) is 1.92. The topological polar surface area (TPSA) is 53.5 Å². The highest BCUT2D eigenvalue weighted by molar-refractivity contribution is 5.59. The lowest BCUT2D eigenvalue weighted by atomic mass is 9.87. The number of hydrogen-bond acceptors (Lipinski definition) is 4. The number of aliphatic hydroxyl groups excluding tert-OH is 1. The number of benzene rings is 1. The molecule has 17 heavy (non-hydrogen) atoms. The van der Waals surface area contributed by atoms with Crippen LogP contribution in [0.15, 0.2) is 18.2 Å².